The van der Waals surface area contributed by atoms with Gasteiger partial charge in [0.2, 0.25) is 26.0 Å². The van der Waals surface area contributed by atoms with Gasteiger partial charge in [0.05, 0.1) is 21.3 Å². The van der Waals surface area contributed by atoms with Crippen molar-refractivity contribution in [3.8, 4) is 0 Å². The van der Waals surface area contributed by atoms with Crippen LogP contribution in [-0.2, 0) is 31.3 Å². The monoisotopic (exact) mass is 688 g/mol. The van der Waals surface area contributed by atoms with Crippen molar-refractivity contribution in [3.05, 3.63) is 99.6 Å². The number of sulfonamides is 2. The topological polar surface area (TPSA) is 176 Å². The number of aliphatic hydroxyl groups excluding tert-OH is 1. The quantitative estimate of drug-likeness (QED) is 0.102. The van der Waals surface area contributed by atoms with Crippen LogP contribution in [0.15, 0.2) is 82.6 Å². The molecule has 0 unspecified atom stereocenters. The predicted octanol–water partition coefficient (Wildman–Crippen LogP) is 4.10. The highest BCUT2D eigenvalue weighted by Crippen LogP contribution is 2.23. The molecular weight excluding hydrogens is 645 g/mol. The zero-order chi connectivity index (χ0) is 34.8. The summed E-state index contributed by atoms with van der Waals surface area (Å²) >= 11 is 0. The number of nitro benzene ring substituents is 1. The lowest BCUT2D eigenvalue weighted by molar-refractivity contribution is -0.384. The average molecular weight is 689 g/mol. The lowest BCUT2D eigenvalue weighted by atomic mass is 10.1. The maximum atomic E-state index is 13.5. The van der Waals surface area contributed by atoms with Crippen molar-refractivity contribution in [3.63, 3.8) is 0 Å². The van der Waals surface area contributed by atoms with Crippen molar-refractivity contribution in [1.82, 2.24) is 14.3 Å². The second-order valence-corrected chi connectivity index (χ2v) is 15.6. The Balaban J connectivity index is 1.68. The Hall–Kier alpha value is -3.69. The SMILES string of the molecule is Cc1ccc(S(=O)(=O)N[C@@H](Cc2ccc([N+](=O)[O-])cc2)C(=O)NCCCC[C@@H](CO)N(CC(C)C)S(=O)(=O)c2ccc(C)cc2)cc1. The number of rotatable bonds is 18. The number of nitro groups is 1. The maximum absolute atomic E-state index is 13.5. The maximum Gasteiger partial charge on any atom is 0.269 e. The number of nitrogens with zero attached hydrogens (tertiary/aromatic N) is 2. The number of unbranched alkanes of at least 4 members (excludes halogenated alkanes) is 1. The first kappa shape index (κ1) is 37.8. The molecular formula is C33H44N4O8S2. The third-order valence-corrected chi connectivity index (χ3v) is 11.0. The van der Waals surface area contributed by atoms with Crippen LogP contribution in [-0.4, -0.2) is 68.9 Å². The molecule has 0 aliphatic heterocycles. The smallest absolute Gasteiger partial charge is 0.269 e. The van der Waals surface area contributed by atoms with Gasteiger partial charge < -0.3 is 10.4 Å². The van der Waals surface area contributed by atoms with E-state index >= 15 is 0 Å². The van der Waals surface area contributed by atoms with Crippen molar-refractivity contribution in [2.45, 2.75) is 75.3 Å². The highest BCUT2D eigenvalue weighted by atomic mass is 32.2. The Bertz CT molecular complexity index is 1690. The number of hydrogen-bond acceptors (Lipinski definition) is 8. The molecule has 0 radical (unpaired) electrons. The van der Waals surface area contributed by atoms with Gasteiger partial charge in [0.15, 0.2) is 0 Å². The molecule has 0 aromatic heterocycles. The van der Waals surface area contributed by atoms with Crippen LogP contribution in [0.4, 0.5) is 5.69 Å². The van der Waals surface area contributed by atoms with Crippen molar-refractivity contribution >= 4 is 31.6 Å². The van der Waals surface area contributed by atoms with Gasteiger partial charge in [-0.2, -0.15) is 9.03 Å². The van der Waals surface area contributed by atoms with Crippen LogP contribution in [0, 0.1) is 29.9 Å². The van der Waals surface area contributed by atoms with Gasteiger partial charge in [-0.1, -0.05) is 67.8 Å². The van der Waals surface area contributed by atoms with E-state index in [9.17, 15) is 36.9 Å². The molecule has 0 heterocycles. The van der Waals surface area contributed by atoms with Crippen molar-refractivity contribution in [2.24, 2.45) is 5.92 Å². The molecule has 3 aromatic rings. The minimum atomic E-state index is -4.08. The molecule has 1 amide bonds. The van der Waals surface area contributed by atoms with Gasteiger partial charge >= 0.3 is 0 Å². The lowest BCUT2D eigenvalue weighted by Gasteiger charge is -2.31. The normalized spacial score (nSPS) is 13.4. The van der Waals surface area contributed by atoms with E-state index in [0.29, 0.717) is 24.8 Å². The number of hydrogen-bond donors (Lipinski definition) is 3. The largest absolute Gasteiger partial charge is 0.395 e. The van der Waals surface area contributed by atoms with E-state index in [-0.39, 0.29) is 47.5 Å². The number of aryl methyl sites for hydroxylation is 2. The second-order valence-electron chi connectivity index (χ2n) is 12.0. The number of amides is 1. The number of benzene rings is 3. The molecule has 0 spiro atoms. The van der Waals surface area contributed by atoms with Crippen molar-refractivity contribution in [2.75, 3.05) is 19.7 Å². The molecule has 3 N–H and O–H groups in total. The van der Waals surface area contributed by atoms with E-state index in [4.69, 9.17) is 0 Å². The van der Waals surface area contributed by atoms with Crippen molar-refractivity contribution < 1.29 is 31.7 Å². The van der Waals surface area contributed by atoms with E-state index in [0.717, 1.165) is 11.1 Å². The molecule has 0 bridgehead atoms. The number of aliphatic hydroxyl groups is 1. The molecule has 256 valence electrons. The molecule has 12 nitrogen and oxygen atoms in total. The van der Waals surface area contributed by atoms with Gasteiger partial charge in [-0.15, -0.1) is 0 Å². The Morgan fingerprint density at radius 3 is 1.94 bits per heavy atom. The van der Waals surface area contributed by atoms with Crippen LogP contribution in [0.1, 0.15) is 49.8 Å². The summed E-state index contributed by atoms with van der Waals surface area (Å²) in [5.41, 5.74) is 2.19. The molecule has 2 atom stereocenters. The first-order chi connectivity index (χ1) is 22.1. The minimum Gasteiger partial charge on any atom is -0.395 e. The van der Waals surface area contributed by atoms with Gasteiger partial charge in [0.1, 0.15) is 6.04 Å². The van der Waals surface area contributed by atoms with Crippen LogP contribution >= 0.6 is 0 Å². The standard InChI is InChI=1S/C33H44N4O8S2/c1-24(2)22-36(47(44,45)31-18-10-26(4)11-19-31)29(23-38)7-5-6-20-34-33(39)32(21-27-12-14-28(15-13-27)37(40)41)35-46(42,43)30-16-8-25(3)9-17-30/h8-19,24,29,32,35,38H,5-7,20-23H2,1-4H3,(H,34,39)/t29-,32-/m0/s1. The van der Waals surface area contributed by atoms with Gasteiger partial charge in [-0.25, -0.2) is 16.8 Å². The summed E-state index contributed by atoms with van der Waals surface area (Å²) in [5.74, 6) is -0.568. The minimum absolute atomic E-state index is 0.00816. The Labute approximate surface area is 277 Å². The summed E-state index contributed by atoms with van der Waals surface area (Å²) in [4.78, 5) is 24.0. The summed E-state index contributed by atoms with van der Waals surface area (Å²) in [5, 5.41) is 24.0. The fourth-order valence-corrected chi connectivity index (χ4v) is 7.97. The van der Waals surface area contributed by atoms with Crippen LogP contribution in [0.5, 0.6) is 0 Å². The van der Waals surface area contributed by atoms with E-state index in [1.165, 1.54) is 40.7 Å². The second kappa shape index (κ2) is 16.9. The summed E-state index contributed by atoms with van der Waals surface area (Å²) in [6.45, 7) is 7.53. The van der Waals surface area contributed by atoms with Gasteiger partial charge in [0.25, 0.3) is 5.69 Å². The number of carbonyl (C=O) groups is 1. The summed E-state index contributed by atoms with van der Waals surface area (Å²) in [6, 6.07) is 16.4. The molecule has 3 aromatic carbocycles. The molecule has 0 saturated carbocycles. The van der Waals surface area contributed by atoms with E-state index in [2.05, 4.69) is 10.0 Å². The fraction of sp³-hybridized carbons (Fsp3) is 0.424. The molecule has 0 aliphatic carbocycles. The third kappa shape index (κ3) is 10.9. The van der Waals surface area contributed by atoms with E-state index < -0.39 is 43.0 Å². The highest BCUT2D eigenvalue weighted by Gasteiger charge is 2.32. The zero-order valence-electron chi connectivity index (χ0n) is 27.1. The highest BCUT2D eigenvalue weighted by molar-refractivity contribution is 7.89. The number of carbonyl (C=O) groups excluding carboxylic acids is 1. The van der Waals surface area contributed by atoms with Crippen LogP contribution in [0.2, 0.25) is 0 Å². The van der Waals surface area contributed by atoms with Crippen LogP contribution < -0.4 is 10.0 Å². The summed E-state index contributed by atoms with van der Waals surface area (Å²) < 4.78 is 57.2. The number of nitrogens with one attached hydrogen (secondary N) is 2. The molecule has 0 aliphatic rings. The Morgan fingerprint density at radius 1 is 0.872 bits per heavy atom. The molecule has 3 rings (SSSR count). The molecule has 0 fully saturated rings. The summed E-state index contributed by atoms with van der Waals surface area (Å²) in [7, 11) is -7.95. The average Bonchev–Trinajstić information content (AvgIpc) is 3.02. The van der Waals surface area contributed by atoms with E-state index in [1.807, 2.05) is 27.7 Å². The first-order valence-corrected chi connectivity index (χ1v) is 18.4. The number of non-ortho nitro benzene ring substituents is 1. The van der Waals surface area contributed by atoms with E-state index in [1.54, 1.807) is 36.4 Å². The summed E-state index contributed by atoms with van der Waals surface area (Å²) in [6.07, 6.45) is 1.21. The zero-order valence-corrected chi connectivity index (χ0v) is 28.8. The first-order valence-electron chi connectivity index (χ1n) is 15.4. The van der Waals surface area contributed by atoms with Crippen LogP contribution in [0.3, 0.4) is 0 Å². The van der Waals surface area contributed by atoms with Crippen LogP contribution in [0.25, 0.3) is 0 Å². The molecule has 14 heteroatoms. The fourth-order valence-electron chi connectivity index (χ4n) is 4.97. The third-order valence-electron chi connectivity index (χ3n) is 7.59. The van der Waals surface area contributed by atoms with Gasteiger partial charge in [-0.3, -0.25) is 14.9 Å². The van der Waals surface area contributed by atoms with Gasteiger partial charge in [-0.05, 0) is 68.9 Å². The molecule has 0 saturated heterocycles. The lowest BCUT2D eigenvalue weighted by Crippen LogP contribution is -2.48. The predicted molar refractivity (Wildman–Crippen MR) is 180 cm³/mol. The Morgan fingerprint density at radius 2 is 1.43 bits per heavy atom. The Kier molecular flexibility index (Phi) is 13.6. The molecule has 47 heavy (non-hydrogen) atoms. The van der Waals surface area contributed by atoms with Gasteiger partial charge in [0, 0.05) is 31.3 Å². The van der Waals surface area contributed by atoms with Crippen molar-refractivity contribution in [1.29, 1.82) is 0 Å².